The quantitative estimate of drug-likeness (QED) is 0.192. The summed E-state index contributed by atoms with van der Waals surface area (Å²) >= 11 is 6.44. The second-order valence-electron chi connectivity index (χ2n) is 9.12. The number of nitrogens with two attached hydrogens (primary N) is 1. The zero-order valence-corrected chi connectivity index (χ0v) is 22.5. The number of nitrogens with zero attached hydrogens (tertiary/aromatic N) is 3. The molecular weight excluding hydrogens is 551 g/mol. The second-order valence-corrected chi connectivity index (χ2v) is 9.52. The van der Waals surface area contributed by atoms with Gasteiger partial charge in [0, 0.05) is 29.6 Å². The number of hydrogen-bond donors (Lipinski definition) is 3. The second kappa shape index (κ2) is 12.0. The zero-order valence-electron chi connectivity index (χ0n) is 21.8. The van der Waals surface area contributed by atoms with Gasteiger partial charge >= 0.3 is 0 Å². The number of aromatic nitrogens is 3. The average molecular weight is 575 g/mol. The number of halogens is 2. The highest BCUT2D eigenvalue weighted by molar-refractivity contribution is 6.32. The minimum absolute atomic E-state index is 0.0623. The van der Waals surface area contributed by atoms with Crippen LogP contribution in [0.3, 0.4) is 0 Å². The van der Waals surface area contributed by atoms with Gasteiger partial charge in [0.05, 0.1) is 16.2 Å². The van der Waals surface area contributed by atoms with E-state index < -0.39 is 5.91 Å². The first kappa shape index (κ1) is 27.5. The lowest BCUT2D eigenvalue weighted by molar-refractivity contribution is -0.116. The van der Waals surface area contributed by atoms with Crippen LogP contribution in [0.4, 0.5) is 21.6 Å². The lowest BCUT2D eigenvalue weighted by atomic mass is 10.1. The molecular formula is C29H24ClFN6O4. The van der Waals surface area contributed by atoms with Crippen LogP contribution in [0.2, 0.25) is 5.02 Å². The van der Waals surface area contributed by atoms with Crippen LogP contribution in [0.25, 0.3) is 10.9 Å². The molecule has 0 aliphatic rings. The highest BCUT2D eigenvalue weighted by Gasteiger charge is 2.18. The summed E-state index contributed by atoms with van der Waals surface area (Å²) in [5.41, 5.74) is 8.45. The molecule has 3 aromatic carbocycles. The van der Waals surface area contributed by atoms with Crippen molar-refractivity contribution in [1.29, 1.82) is 0 Å². The molecule has 0 spiro atoms. The van der Waals surface area contributed by atoms with Gasteiger partial charge < -0.3 is 25.6 Å². The van der Waals surface area contributed by atoms with E-state index in [9.17, 15) is 14.0 Å². The molecule has 0 bridgehead atoms. The third-order valence-electron chi connectivity index (χ3n) is 6.17. The normalized spacial score (nSPS) is 10.9. The molecule has 0 atom stereocenters. The summed E-state index contributed by atoms with van der Waals surface area (Å²) in [6.45, 7) is 1.75. The fourth-order valence-electron chi connectivity index (χ4n) is 4.21. The summed E-state index contributed by atoms with van der Waals surface area (Å²) in [7, 11) is 0. The summed E-state index contributed by atoms with van der Waals surface area (Å²) in [6, 6.07) is 16.6. The monoisotopic (exact) mass is 574 g/mol. The van der Waals surface area contributed by atoms with E-state index in [1.54, 1.807) is 55.5 Å². The highest BCUT2D eigenvalue weighted by Crippen LogP contribution is 2.31. The largest absolute Gasteiger partial charge is 0.487 e. The summed E-state index contributed by atoms with van der Waals surface area (Å²) < 4.78 is 24.2. The Bertz CT molecular complexity index is 1760. The minimum atomic E-state index is -0.652. The van der Waals surface area contributed by atoms with Crippen LogP contribution in [-0.4, -0.2) is 26.9 Å². The Labute approximate surface area is 238 Å². The van der Waals surface area contributed by atoms with Gasteiger partial charge in [-0.3, -0.25) is 9.59 Å². The van der Waals surface area contributed by atoms with Crippen LogP contribution >= 0.6 is 11.6 Å². The van der Waals surface area contributed by atoms with Gasteiger partial charge in [0.15, 0.2) is 0 Å². The van der Waals surface area contributed by atoms with E-state index in [2.05, 4.69) is 25.8 Å². The molecule has 208 valence electrons. The number of amides is 2. The molecule has 0 fully saturated rings. The third-order valence-corrected chi connectivity index (χ3v) is 6.46. The van der Waals surface area contributed by atoms with Gasteiger partial charge in [0.1, 0.15) is 41.6 Å². The number of carbonyl (C=O) groups is 2. The van der Waals surface area contributed by atoms with Crippen molar-refractivity contribution >= 4 is 51.5 Å². The Kier molecular flexibility index (Phi) is 8.06. The Hall–Kier alpha value is -5.03. The number of carbonyl (C=O) groups excluding carboxylic acids is 2. The van der Waals surface area contributed by atoms with E-state index in [1.165, 1.54) is 18.5 Å². The molecule has 2 heterocycles. The van der Waals surface area contributed by atoms with Crippen LogP contribution in [0.5, 0.6) is 5.75 Å². The highest BCUT2D eigenvalue weighted by atomic mass is 35.5. The number of rotatable bonds is 10. The zero-order chi connectivity index (χ0) is 28.9. The van der Waals surface area contributed by atoms with Crippen molar-refractivity contribution in [3.8, 4) is 5.75 Å². The molecule has 4 N–H and O–H groups in total. The number of hydrogen-bond acceptors (Lipinski definition) is 8. The lowest BCUT2D eigenvalue weighted by Gasteiger charge is -2.13. The topological polar surface area (TPSA) is 145 Å². The van der Waals surface area contributed by atoms with Gasteiger partial charge in [-0.1, -0.05) is 28.9 Å². The molecule has 0 aliphatic carbocycles. The van der Waals surface area contributed by atoms with Crippen LogP contribution in [0.1, 0.15) is 33.8 Å². The molecule has 0 saturated heterocycles. The first-order chi connectivity index (χ1) is 19.8. The van der Waals surface area contributed by atoms with Gasteiger partial charge in [0.25, 0.3) is 5.91 Å². The number of fused-ring (bicyclic) bond motifs is 1. The van der Waals surface area contributed by atoms with Gasteiger partial charge in [-0.05, 0) is 61.0 Å². The fraction of sp³-hybridized carbons (Fsp3) is 0.138. The lowest BCUT2D eigenvalue weighted by Crippen LogP contribution is -2.16. The van der Waals surface area contributed by atoms with Crippen molar-refractivity contribution in [2.75, 3.05) is 10.6 Å². The van der Waals surface area contributed by atoms with E-state index in [1.807, 2.05) is 0 Å². The molecule has 0 saturated carbocycles. The number of benzene rings is 3. The molecule has 0 aliphatic heterocycles. The minimum Gasteiger partial charge on any atom is -0.487 e. The van der Waals surface area contributed by atoms with E-state index >= 15 is 0 Å². The SMILES string of the molecule is Cc1onc(CCC(=O)Nc2ccc3ncnc(Nc4ccc(OCc5cccc(F)c5)c(Cl)c4)c3c2)c1C(N)=O. The van der Waals surface area contributed by atoms with Gasteiger partial charge in [0.2, 0.25) is 5.91 Å². The molecule has 12 heteroatoms. The van der Waals surface area contributed by atoms with Crippen LogP contribution in [-0.2, 0) is 17.8 Å². The van der Waals surface area contributed by atoms with E-state index in [0.717, 1.165) is 0 Å². The van der Waals surface area contributed by atoms with E-state index in [4.69, 9.17) is 26.6 Å². The fourth-order valence-corrected chi connectivity index (χ4v) is 4.45. The summed E-state index contributed by atoms with van der Waals surface area (Å²) in [6.07, 6.45) is 1.68. The Morgan fingerprint density at radius 3 is 2.68 bits per heavy atom. The van der Waals surface area contributed by atoms with Gasteiger partial charge in [-0.25, -0.2) is 14.4 Å². The molecule has 5 aromatic rings. The molecule has 41 heavy (non-hydrogen) atoms. The van der Waals surface area contributed by atoms with Crippen molar-refractivity contribution in [3.63, 3.8) is 0 Å². The Balaban J connectivity index is 1.26. The van der Waals surface area contributed by atoms with Crippen molar-refractivity contribution < 1.29 is 23.2 Å². The van der Waals surface area contributed by atoms with Crippen molar-refractivity contribution in [1.82, 2.24) is 15.1 Å². The van der Waals surface area contributed by atoms with Crippen LogP contribution < -0.4 is 21.1 Å². The Morgan fingerprint density at radius 1 is 1.07 bits per heavy atom. The maximum Gasteiger partial charge on any atom is 0.254 e. The summed E-state index contributed by atoms with van der Waals surface area (Å²) in [5.74, 6) is -0.0114. The predicted octanol–water partition coefficient (Wildman–Crippen LogP) is 5.71. The third kappa shape index (κ3) is 6.59. The number of anilines is 3. The number of aryl methyl sites for hydroxylation is 2. The predicted molar refractivity (Wildman–Crippen MR) is 152 cm³/mol. The summed E-state index contributed by atoms with van der Waals surface area (Å²) in [4.78, 5) is 32.9. The van der Waals surface area contributed by atoms with Crippen LogP contribution in [0, 0.1) is 12.7 Å². The van der Waals surface area contributed by atoms with E-state index in [0.29, 0.717) is 55.9 Å². The maximum absolute atomic E-state index is 13.4. The van der Waals surface area contributed by atoms with Gasteiger partial charge in [-0.15, -0.1) is 0 Å². The number of nitrogens with one attached hydrogen (secondary N) is 2. The van der Waals surface area contributed by atoms with Crippen molar-refractivity contribution in [3.05, 3.63) is 100 Å². The molecule has 0 unspecified atom stereocenters. The van der Waals surface area contributed by atoms with Crippen molar-refractivity contribution in [2.45, 2.75) is 26.4 Å². The summed E-state index contributed by atoms with van der Waals surface area (Å²) in [5, 5.41) is 10.9. The first-order valence-electron chi connectivity index (χ1n) is 12.5. The number of primary amides is 1. The average Bonchev–Trinajstić information content (AvgIpc) is 3.32. The standard InChI is InChI=1S/C29H24ClFN6O4/c1-16-27(28(32)39)24(37-41-16)8-10-26(38)35-19-5-7-23-21(12-19)29(34-15-33-23)36-20-6-9-25(22(30)13-20)40-14-17-3-2-4-18(31)11-17/h2-7,9,11-13,15H,8,10,14H2,1H3,(H2,32,39)(H,35,38)(H,33,34,36). The van der Waals surface area contributed by atoms with Gasteiger partial charge in [-0.2, -0.15) is 0 Å². The molecule has 10 nitrogen and oxygen atoms in total. The molecule has 2 aromatic heterocycles. The smallest absolute Gasteiger partial charge is 0.254 e. The molecule has 5 rings (SSSR count). The first-order valence-corrected chi connectivity index (χ1v) is 12.9. The molecule has 2 amide bonds. The molecule has 0 radical (unpaired) electrons. The van der Waals surface area contributed by atoms with Crippen LogP contribution in [0.15, 0.2) is 71.5 Å². The maximum atomic E-state index is 13.4. The Morgan fingerprint density at radius 2 is 1.90 bits per heavy atom. The van der Waals surface area contributed by atoms with E-state index in [-0.39, 0.29) is 36.7 Å². The van der Waals surface area contributed by atoms with Crippen molar-refractivity contribution in [2.24, 2.45) is 5.73 Å². The number of ether oxygens (including phenoxy) is 1.